The number of hydrogen-bond donors (Lipinski definition) is 1. The van der Waals surface area contributed by atoms with E-state index in [0.29, 0.717) is 12.1 Å². The predicted molar refractivity (Wildman–Crippen MR) is 142 cm³/mol. The molecule has 1 N–H and O–H groups in total. The molecule has 9 nitrogen and oxygen atoms in total. The zero-order valence-electron chi connectivity index (χ0n) is 22.1. The van der Waals surface area contributed by atoms with Crippen LogP contribution in [-0.4, -0.2) is 95.0 Å². The summed E-state index contributed by atoms with van der Waals surface area (Å²) in [6.07, 6.45) is -0.768. The van der Waals surface area contributed by atoms with Gasteiger partial charge >= 0.3 is 0 Å². The summed E-state index contributed by atoms with van der Waals surface area (Å²) in [4.78, 5) is 1.60. The van der Waals surface area contributed by atoms with Crippen molar-refractivity contribution in [3.8, 4) is 17.6 Å². The van der Waals surface area contributed by atoms with E-state index in [0.717, 1.165) is 16.4 Å². The quantitative estimate of drug-likeness (QED) is 0.509. The fourth-order valence-electron chi connectivity index (χ4n) is 3.98. The van der Waals surface area contributed by atoms with Gasteiger partial charge in [-0.25, -0.2) is 21.2 Å². The first-order valence-corrected chi connectivity index (χ1v) is 14.9. The third kappa shape index (κ3) is 6.72. The summed E-state index contributed by atoms with van der Waals surface area (Å²) >= 11 is 0. The molecule has 0 unspecified atom stereocenters. The summed E-state index contributed by atoms with van der Waals surface area (Å²) in [5.41, 5.74) is 0.537. The van der Waals surface area contributed by atoms with E-state index in [1.807, 2.05) is 19.0 Å². The van der Waals surface area contributed by atoms with Crippen LogP contribution in [0.3, 0.4) is 0 Å². The van der Waals surface area contributed by atoms with Crippen LogP contribution >= 0.6 is 0 Å². The van der Waals surface area contributed by atoms with Gasteiger partial charge in [0.25, 0.3) is 0 Å². The number of nitrogens with zero attached hydrogens (tertiary/aromatic N) is 3. The van der Waals surface area contributed by atoms with Gasteiger partial charge in [-0.1, -0.05) is 24.8 Å². The molecule has 12 heteroatoms. The van der Waals surface area contributed by atoms with Crippen molar-refractivity contribution < 1.29 is 31.1 Å². The minimum atomic E-state index is -4.05. The molecule has 0 amide bonds. The van der Waals surface area contributed by atoms with Crippen LogP contribution in [0.2, 0.25) is 0 Å². The van der Waals surface area contributed by atoms with Gasteiger partial charge in [-0.15, -0.1) is 0 Å². The van der Waals surface area contributed by atoms with E-state index in [-0.39, 0.29) is 28.6 Å². The number of rotatable bonds is 7. The molecule has 0 fully saturated rings. The summed E-state index contributed by atoms with van der Waals surface area (Å²) in [6.45, 7) is 3.33. The summed E-state index contributed by atoms with van der Waals surface area (Å²) in [7, 11) is -2.98. The average molecular weight is 568 g/mol. The number of ether oxygens (including phenoxy) is 1. The highest BCUT2D eigenvalue weighted by atomic mass is 32.2. The average Bonchev–Trinajstić information content (AvgIpc) is 2.85. The Kier molecular flexibility index (Phi) is 9.57. The van der Waals surface area contributed by atoms with Crippen molar-refractivity contribution in [2.45, 2.75) is 35.8 Å². The number of fused-ring (bicyclic) bond motifs is 1. The van der Waals surface area contributed by atoms with Gasteiger partial charge in [-0.3, -0.25) is 4.90 Å². The van der Waals surface area contributed by atoms with Crippen LogP contribution in [0.4, 0.5) is 4.39 Å². The standard InChI is InChI=1S/C26H34FN3O6S2/c1-19-16-30(20(2)18-31)38(34,35)26-12-11-21(8-7-13-28(3)4)14-24(26)36-25(19)17-29(5)37(32,33)23-10-6-9-22(27)15-23/h6,9-12,14-15,19-20,25,31H,13,16-18H2,1-5H3/t19-,20-,25-/m1/s1. The van der Waals surface area contributed by atoms with Crippen LogP contribution < -0.4 is 4.74 Å². The number of aliphatic hydroxyl groups excluding tert-OH is 1. The second-order valence-electron chi connectivity index (χ2n) is 9.68. The lowest BCUT2D eigenvalue weighted by Crippen LogP contribution is -2.50. The molecule has 208 valence electrons. The lowest BCUT2D eigenvalue weighted by Gasteiger charge is -2.37. The molecule has 1 heterocycles. The number of halogens is 1. The molecule has 1 aliphatic heterocycles. The van der Waals surface area contributed by atoms with Gasteiger partial charge in [0.1, 0.15) is 22.6 Å². The maximum atomic E-state index is 13.7. The first kappa shape index (κ1) is 30.0. The largest absolute Gasteiger partial charge is 0.487 e. The number of sulfonamides is 2. The number of benzene rings is 2. The number of likely N-dealkylation sites (N-methyl/N-ethyl adjacent to an activating group) is 1. The van der Waals surface area contributed by atoms with Gasteiger partial charge in [-0.05, 0) is 57.4 Å². The summed E-state index contributed by atoms with van der Waals surface area (Å²) in [6, 6.07) is 8.55. The van der Waals surface area contributed by atoms with Crippen LogP contribution in [-0.2, 0) is 20.0 Å². The van der Waals surface area contributed by atoms with Gasteiger partial charge in [0.2, 0.25) is 20.0 Å². The molecular formula is C26H34FN3O6S2. The highest BCUT2D eigenvalue weighted by molar-refractivity contribution is 7.89. The van der Waals surface area contributed by atoms with Crippen molar-refractivity contribution in [3.63, 3.8) is 0 Å². The lowest BCUT2D eigenvalue weighted by atomic mass is 10.0. The molecule has 0 spiro atoms. The molecule has 1 aliphatic rings. The molecule has 3 atom stereocenters. The highest BCUT2D eigenvalue weighted by Crippen LogP contribution is 2.34. The van der Waals surface area contributed by atoms with Crippen LogP contribution in [0.1, 0.15) is 19.4 Å². The topological polar surface area (TPSA) is 107 Å². The minimum Gasteiger partial charge on any atom is -0.487 e. The fraction of sp³-hybridized carbons (Fsp3) is 0.462. The second-order valence-corrected chi connectivity index (χ2v) is 13.6. The Bertz CT molecular complexity index is 1420. The Labute approximate surface area is 224 Å². The molecular weight excluding hydrogens is 533 g/mol. The van der Waals surface area contributed by atoms with Crippen LogP contribution in [0.25, 0.3) is 0 Å². The van der Waals surface area contributed by atoms with Crippen molar-refractivity contribution in [1.82, 2.24) is 13.5 Å². The van der Waals surface area contributed by atoms with Crippen molar-refractivity contribution in [2.24, 2.45) is 5.92 Å². The Morgan fingerprint density at radius 3 is 2.55 bits per heavy atom. The highest BCUT2D eigenvalue weighted by Gasteiger charge is 2.39. The van der Waals surface area contributed by atoms with E-state index in [2.05, 4.69) is 11.8 Å². The molecule has 0 bridgehead atoms. The van der Waals surface area contributed by atoms with E-state index in [9.17, 15) is 26.3 Å². The van der Waals surface area contributed by atoms with Crippen molar-refractivity contribution in [3.05, 3.63) is 53.8 Å². The molecule has 0 saturated heterocycles. The van der Waals surface area contributed by atoms with Crippen molar-refractivity contribution in [2.75, 3.05) is 47.4 Å². The second kappa shape index (κ2) is 12.1. The lowest BCUT2D eigenvalue weighted by molar-refractivity contribution is 0.0904. The van der Waals surface area contributed by atoms with Crippen LogP contribution in [0.15, 0.2) is 52.3 Å². The predicted octanol–water partition coefficient (Wildman–Crippen LogP) is 1.83. The van der Waals surface area contributed by atoms with Gasteiger partial charge < -0.3 is 9.84 Å². The molecule has 3 rings (SSSR count). The maximum Gasteiger partial charge on any atom is 0.247 e. The molecule has 0 aliphatic carbocycles. The molecule has 0 radical (unpaired) electrons. The first-order valence-electron chi connectivity index (χ1n) is 12.1. The third-order valence-electron chi connectivity index (χ3n) is 6.24. The Morgan fingerprint density at radius 1 is 1.21 bits per heavy atom. The summed E-state index contributed by atoms with van der Waals surface area (Å²) in [5.74, 6) is 4.89. The molecule has 2 aromatic carbocycles. The summed E-state index contributed by atoms with van der Waals surface area (Å²) in [5, 5.41) is 9.79. The third-order valence-corrected chi connectivity index (χ3v) is 10.1. The van der Waals surface area contributed by atoms with E-state index >= 15 is 0 Å². The van der Waals surface area contributed by atoms with E-state index in [1.54, 1.807) is 19.9 Å². The molecule has 0 aromatic heterocycles. The van der Waals surface area contributed by atoms with Gasteiger partial charge in [0.05, 0.1) is 24.6 Å². The molecule has 2 aromatic rings. The minimum absolute atomic E-state index is 0.00753. The molecule has 0 saturated carbocycles. The van der Waals surface area contributed by atoms with Gasteiger partial charge in [0, 0.05) is 31.1 Å². The smallest absolute Gasteiger partial charge is 0.247 e. The van der Waals surface area contributed by atoms with E-state index in [4.69, 9.17) is 4.74 Å². The van der Waals surface area contributed by atoms with Gasteiger partial charge in [-0.2, -0.15) is 8.61 Å². The zero-order chi connectivity index (χ0) is 28.3. The van der Waals surface area contributed by atoms with Crippen molar-refractivity contribution in [1.29, 1.82) is 0 Å². The Morgan fingerprint density at radius 2 is 1.92 bits per heavy atom. The zero-order valence-corrected chi connectivity index (χ0v) is 23.8. The van der Waals surface area contributed by atoms with E-state index in [1.165, 1.54) is 35.6 Å². The fourth-order valence-corrected chi connectivity index (χ4v) is 7.02. The monoisotopic (exact) mass is 567 g/mol. The van der Waals surface area contributed by atoms with Crippen molar-refractivity contribution >= 4 is 20.0 Å². The van der Waals surface area contributed by atoms with Crippen LogP contribution in [0.5, 0.6) is 5.75 Å². The summed E-state index contributed by atoms with van der Waals surface area (Å²) < 4.78 is 75.7. The Balaban J connectivity index is 2.05. The normalized spacial score (nSPS) is 20.6. The maximum absolute atomic E-state index is 13.7. The van der Waals surface area contributed by atoms with E-state index < -0.39 is 50.5 Å². The SMILES string of the molecule is C[C@@H]1CN([C@H](C)CO)S(=O)(=O)c2ccc(C#CCN(C)C)cc2O[C@@H]1CN(C)S(=O)(=O)c1cccc(F)c1. The van der Waals surface area contributed by atoms with Crippen LogP contribution in [0, 0.1) is 23.6 Å². The number of hydrogen-bond acceptors (Lipinski definition) is 7. The van der Waals surface area contributed by atoms with Gasteiger partial charge in [0.15, 0.2) is 0 Å². The number of aliphatic hydroxyl groups is 1. The molecule has 38 heavy (non-hydrogen) atoms. The first-order chi connectivity index (χ1) is 17.8. The Hall–Kier alpha value is -2.53.